The van der Waals surface area contributed by atoms with E-state index in [-0.39, 0.29) is 5.69 Å². The molecule has 3 N–H and O–H groups in total. The van der Waals surface area contributed by atoms with E-state index in [4.69, 9.17) is 4.74 Å². The predicted molar refractivity (Wildman–Crippen MR) is 180 cm³/mol. The van der Waals surface area contributed by atoms with E-state index >= 15 is 0 Å². The van der Waals surface area contributed by atoms with E-state index in [9.17, 15) is 12.8 Å². The van der Waals surface area contributed by atoms with Crippen LogP contribution in [0.5, 0.6) is 5.75 Å². The number of anilines is 6. The normalized spacial score (nSPS) is 18.6. The van der Waals surface area contributed by atoms with Gasteiger partial charge in [-0.3, -0.25) is 14.5 Å². The SMILES string of the molecule is COc1cc(N2CCC(N3CCN(C4CC4)CC3)CC2)c(C)cc1Nc1ncc(Br)c(Nc2ccc(F)cc2NS(C)(=O)=O)n1. The van der Waals surface area contributed by atoms with Gasteiger partial charge in [0.2, 0.25) is 16.0 Å². The van der Waals surface area contributed by atoms with Crippen molar-refractivity contribution >= 4 is 60.5 Å². The summed E-state index contributed by atoms with van der Waals surface area (Å²) in [5.41, 5.74) is 3.39. The Hall–Kier alpha value is -3.20. The highest BCUT2D eigenvalue weighted by Gasteiger charge is 2.34. The Bertz CT molecular complexity index is 1640. The van der Waals surface area contributed by atoms with Crippen LogP contribution in [0, 0.1) is 12.7 Å². The lowest BCUT2D eigenvalue weighted by Crippen LogP contribution is -2.53. The molecule has 0 amide bonds. The number of aryl methyl sites for hydroxylation is 1. The van der Waals surface area contributed by atoms with Crippen LogP contribution in [0.15, 0.2) is 41.0 Å². The number of piperazine rings is 1. The minimum atomic E-state index is -3.64. The van der Waals surface area contributed by atoms with E-state index in [1.165, 1.54) is 51.2 Å². The van der Waals surface area contributed by atoms with Crippen LogP contribution in [0.1, 0.15) is 31.2 Å². The maximum atomic E-state index is 13.9. The third kappa shape index (κ3) is 7.79. The molecule has 6 rings (SSSR count). The van der Waals surface area contributed by atoms with Crippen LogP contribution in [-0.2, 0) is 10.0 Å². The maximum Gasteiger partial charge on any atom is 0.229 e. The van der Waals surface area contributed by atoms with Gasteiger partial charge in [0.25, 0.3) is 0 Å². The molecule has 3 aliphatic rings. The van der Waals surface area contributed by atoms with Gasteiger partial charge in [0.15, 0.2) is 0 Å². The van der Waals surface area contributed by atoms with Crippen molar-refractivity contribution in [3.05, 3.63) is 52.4 Å². The molecule has 3 heterocycles. The summed E-state index contributed by atoms with van der Waals surface area (Å²) in [6.07, 6.45) is 7.66. The van der Waals surface area contributed by atoms with Gasteiger partial charge >= 0.3 is 0 Å². The molecule has 2 aliphatic heterocycles. The fourth-order valence-electron chi connectivity index (χ4n) is 6.34. The Morgan fingerprint density at radius 3 is 2.20 bits per heavy atom. The van der Waals surface area contributed by atoms with Gasteiger partial charge in [-0.15, -0.1) is 0 Å². The van der Waals surface area contributed by atoms with Crippen LogP contribution in [0.25, 0.3) is 0 Å². The Kier molecular flexibility index (Phi) is 9.37. The highest BCUT2D eigenvalue weighted by Crippen LogP contribution is 2.37. The second-order valence-electron chi connectivity index (χ2n) is 12.1. The largest absolute Gasteiger partial charge is 0.494 e. The first-order valence-corrected chi connectivity index (χ1v) is 18.0. The third-order valence-electron chi connectivity index (χ3n) is 8.77. The molecule has 0 radical (unpaired) electrons. The van der Waals surface area contributed by atoms with Gasteiger partial charge in [-0.1, -0.05) is 0 Å². The van der Waals surface area contributed by atoms with E-state index in [2.05, 4.69) is 68.9 Å². The average molecular weight is 704 g/mol. The molecule has 45 heavy (non-hydrogen) atoms. The monoisotopic (exact) mass is 702 g/mol. The molecule has 1 aliphatic carbocycles. The van der Waals surface area contributed by atoms with Crippen molar-refractivity contribution in [1.29, 1.82) is 0 Å². The molecule has 14 heteroatoms. The number of nitrogens with one attached hydrogen (secondary N) is 3. The van der Waals surface area contributed by atoms with E-state index < -0.39 is 15.8 Å². The summed E-state index contributed by atoms with van der Waals surface area (Å²) in [6, 6.07) is 9.41. The van der Waals surface area contributed by atoms with Gasteiger partial charge in [-0.05, 0) is 72.3 Å². The molecular formula is C31H40BrFN8O3S. The molecule has 11 nitrogen and oxygen atoms in total. The van der Waals surface area contributed by atoms with Crippen LogP contribution in [0.2, 0.25) is 0 Å². The van der Waals surface area contributed by atoms with Gasteiger partial charge in [0.1, 0.15) is 17.4 Å². The van der Waals surface area contributed by atoms with E-state index in [0.717, 1.165) is 61.2 Å². The lowest BCUT2D eigenvalue weighted by Gasteiger charge is -2.43. The Labute approximate surface area is 272 Å². The lowest BCUT2D eigenvalue weighted by molar-refractivity contribution is 0.0809. The molecular weight excluding hydrogens is 663 g/mol. The van der Waals surface area contributed by atoms with Gasteiger partial charge in [-0.25, -0.2) is 17.8 Å². The number of ether oxygens (including phenoxy) is 1. The first-order valence-electron chi connectivity index (χ1n) is 15.3. The number of halogens is 2. The summed E-state index contributed by atoms with van der Waals surface area (Å²) in [4.78, 5) is 16.8. The molecule has 2 aromatic carbocycles. The zero-order valence-electron chi connectivity index (χ0n) is 25.8. The second-order valence-corrected chi connectivity index (χ2v) is 14.7. The molecule has 3 aromatic rings. The van der Waals surface area contributed by atoms with Crippen LogP contribution < -0.4 is 25.0 Å². The average Bonchev–Trinajstić information content (AvgIpc) is 3.86. The molecule has 1 aromatic heterocycles. The molecule has 1 saturated carbocycles. The Morgan fingerprint density at radius 1 is 0.911 bits per heavy atom. The van der Waals surface area contributed by atoms with Crippen LogP contribution in [0.4, 0.5) is 38.9 Å². The van der Waals surface area contributed by atoms with Crippen molar-refractivity contribution in [3.63, 3.8) is 0 Å². The Morgan fingerprint density at radius 2 is 1.58 bits per heavy atom. The number of hydrogen-bond acceptors (Lipinski definition) is 10. The van der Waals surface area contributed by atoms with Crippen molar-refractivity contribution < 1.29 is 17.5 Å². The number of nitrogens with zero attached hydrogens (tertiary/aromatic N) is 5. The molecule has 242 valence electrons. The first-order chi connectivity index (χ1) is 21.6. The molecule has 2 saturated heterocycles. The van der Waals surface area contributed by atoms with Crippen molar-refractivity contribution in [2.75, 3.05) is 72.9 Å². The van der Waals surface area contributed by atoms with Gasteiger partial charge in [-0.2, -0.15) is 4.98 Å². The molecule has 0 bridgehead atoms. The molecule has 3 fully saturated rings. The van der Waals surface area contributed by atoms with E-state index in [1.807, 2.05) is 6.07 Å². The zero-order chi connectivity index (χ0) is 31.7. The number of methoxy groups -OCH3 is 1. The minimum absolute atomic E-state index is 0.0607. The lowest BCUT2D eigenvalue weighted by atomic mass is 10.0. The summed E-state index contributed by atoms with van der Waals surface area (Å²) >= 11 is 3.44. The first kappa shape index (κ1) is 31.8. The summed E-state index contributed by atoms with van der Waals surface area (Å²) in [7, 11) is -1.99. The number of rotatable bonds is 10. The molecule has 0 spiro atoms. The van der Waals surface area contributed by atoms with Crippen LogP contribution >= 0.6 is 15.9 Å². The molecule has 0 atom stereocenters. The zero-order valence-corrected chi connectivity index (χ0v) is 28.2. The van der Waals surface area contributed by atoms with Gasteiger partial charge in [0.05, 0.1) is 34.9 Å². The van der Waals surface area contributed by atoms with E-state index in [0.29, 0.717) is 33.7 Å². The van der Waals surface area contributed by atoms with Gasteiger partial charge in [0, 0.05) is 75.4 Å². The van der Waals surface area contributed by atoms with Crippen molar-refractivity contribution in [2.45, 2.75) is 44.7 Å². The smallest absolute Gasteiger partial charge is 0.229 e. The van der Waals surface area contributed by atoms with E-state index in [1.54, 1.807) is 13.3 Å². The molecule has 0 unspecified atom stereocenters. The highest BCUT2D eigenvalue weighted by atomic mass is 79.9. The minimum Gasteiger partial charge on any atom is -0.494 e. The van der Waals surface area contributed by atoms with Crippen molar-refractivity contribution in [3.8, 4) is 5.75 Å². The summed E-state index contributed by atoms with van der Waals surface area (Å²) in [6.45, 7) is 8.91. The number of piperidine rings is 1. The number of sulfonamides is 1. The predicted octanol–water partition coefficient (Wildman–Crippen LogP) is 5.30. The van der Waals surface area contributed by atoms with Crippen molar-refractivity contribution in [1.82, 2.24) is 19.8 Å². The van der Waals surface area contributed by atoms with Gasteiger partial charge < -0.3 is 20.3 Å². The topological polar surface area (TPSA) is 115 Å². The van der Waals surface area contributed by atoms with Crippen LogP contribution in [-0.4, -0.2) is 92.9 Å². The summed E-state index contributed by atoms with van der Waals surface area (Å²) in [5, 5.41) is 6.34. The highest BCUT2D eigenvalue weighted by molar-refractivity contribution is 9.10. The van der Waals surface area contributed by atoms with Crippen molar-refractivity contribution in [2.24, 2.45) is 0 Å². The number of aromatic nitrogens is 2. The quantitative estimate of drug-likeness (QED) is 0.257. The fourth-order valence-corrected chi connectivity index (χ4v) is 7.20. The summed E-state index contributed by atoms with van der Waals surface area (Å²) < 4.78 is 46.2. The maximum absolute atomic E-state index is 13.9. The number of benzene rings is 2. The third-order valence-corrected chi connectivity index (χ3v) is 9.94. The fraction of sp³-hybridized carbons (Fsp3) is 0.484. The standard InChI is InChI=1S/C31H40BrFN8O3S/c1-20-16-27(36-31-34-19-24(32)30(37-31)35-25-7-4-21(33)17-26(25)38-45(3,42)43)29(44-2)18-28(20)41-10-8-23(9-11-41)40-14-12-39(13-15-40)22-5-6-22/h4,7,16-19,22-23,38H,5-6,8-15H2,1-3H3,(H2,34,35,36,37). The second kappa shape index (κ2) is 13.3. The Balaban J connectivity index is 1.13. The number of hydrogen-bond donors (Lipinski definition) is 3. The summed E-state index contributed by atoms with van der Waals surface area (Å²) in [5.74, 6) is 0.759. The van der Waals surface area contributed by atoms with Crippen LogP contribution in [0.3, 0.4) is 0 Å².